The predicted molar refractivity (Wildman–Crippen MR) is 53.1 cm³/mol. The highest BCUT2D eigenvalue weighted by Gasteiger charge is 2.04. The van der Waals surface area contributed by atoms with E-state index in [1.165, 1.54) is 6.07 Å². The molecule has 2 aromatic rings. The zero-order chi connectivity index (χ0) is 10.1. The maximum Gasteiger partial charge on any atom is 0.146 e. The average Bonchev–Trinajstić information content (AvgIpc) is 2.57. The number of nitrogens with zero attached hydrogens (tertiary/aromatic N) is 1. The Morgan fingerprint density at radius 3 is 2.71 bits per heavy atom. The van der Waals surface area contributed by atoms with E-state index in [0.717, 1.165) is 17.0 Å². The Hall–Kier alpha value is -1.84. The molecule has 2 rings (SSSR count). The van der Waals surface area contributed by atoms with Gasteiger partial charge in [-0.15, -0.1) is 0 Å². The number of aromatic amines is 1. The SMILES string of the molecule is Cc1cc(-c2ccc(F)c(N)c2)n[nH]1. The standard InChI is InChI=1S/C10H10FN3/c1-6-4-10(14-13-6)7-2-3-8(11)9(12)5-7/h2-5H,12H2,1H3,(H,13,14). The van der Waals surface area contributed by atoms with E-state index in [2.05, 4.69) is 10.2 Å². The molecule has 1 aromatic heterocycles. The fourth-order valence-electron chi connectivity index (χ4n) is 1.27. The summed E-state index contributed by atoms with van der Waals surface area (Å²) < 4.78 is 12.9. The Morgan fingerprint density at radius 2 is 2.14 bits per heavy atom. The Bertz CT molecular complexity index is 462. The van der Waals surface area contributed by atoms with Crippen molar-refractivity contribution in [3.8, 4) is 11.3 Å². The van der Waals surface area contributed by atoms with E-state index in [1.54, 1.807) is 12.1 Å². The van der Waals surface area contributed by atoms with Crippen LogP contribution in [0.5, 0.6) is 0 Å². The monoisotopic (exact) mass is 191 g/mol. The summed E-state index contributed by atoms with van der Waals surface area (Å²) in [5.41, 5.74) is 8.14. The van der Waals surface area contributed by atoms with Crippen LogP contribution in [-0.4, -0.2) is 10.2 Å². The van der Waals surface area contributed by atoms with Gasteiger partial charge in [0.25, 0.3) is 0 Å². The highest BCUT2D eigenvalue weighted by atomic mass is 19.1. The van der Waals surface area contributed by atoms with Crippen LogP contribution in [0.4, 0.5) is 10.1 Å². The lowest BCUT2D eigenvalue weighted by Crippen LogP contribution is -1.90. The Morgan fingerprint density at radius 1 is 1.36 bits per heavy atom. The third-order valence-electron chi connectivity index (χ3n) is 2.00. The van der Waals surface area contributed by atoms with Gasteiger partial charge in [0.15, 0.2) is 0 Å². The molecule has 3 N–H and O–H groups in total. The van der Waals surface area contributed by atoms with E-state index in [-0.39, 0.29) is 5.69 Å². The van der Waals surface area contributed by atoms with E-state index >= 15 is 0 Å². The number of nitrogens with one attached hydrogen (secondary N) is 1. The normalized spacial score (nSPS) is 10.4. The van der Waals surface area contributed by atoms with Gasteiger partial charge >= 0.3 is 0 Å². The van der Waals surface area contributed by atoms with Gasteiger partial charge in [-0.25, -0.2) is 4.39 Å². The first-order valence-electron chi connectivity index (χ1n) is 4.24. The molecule has 14 heavy (non-hydrogen) atoms. The molecule has 72 valence electrons. The van der Waals surface area contributed by atoms with Crippen LogP contribution in [0.15, 0.2) is 24.3 Å². The van der Waals surface area contributed by atoms with Gasteiger partial charge in [0.2, 0.25) is 0 Å². The first-order valence-corrected chi connectivity index (χ1v) is 4.24. The summed E-state index contributed by atoms with van der Waals surface area (Å²) in [4.78, 5) is 0. The van der Waals surface area contributed by atoms with Crippen LogP contribution in [0.3, 0.4) is 0 Å². The van der Waals surface area contributed by atoms with Crippen LogP contribution in [0.2, 0.25) is 0 Å². The largest absolute Gasteiger partial charge is 0.396 e. The van der Waals surface area contributed by atoms with E-state index in [9.17, 15) is 4.39 Å². The summed E-state index contributed by atoms with van der Waals surface area (Å²) >= 11 is 0. The van der Waals surface area contributed by atoms with Crippen LogP contribution in [0.25, 0.3) is 11.3 Å². The fourth-order valence-corrected chi connectivity index (χ4v) is 1.27. The molecule has 3 nitrogen and oxygen atoms in total. The molecule has 0 amide bonds. The molecule has 0 saturated carbocycles. The minimum Gasteiger partial charge on any atom is -0.396 e. The number of aromatic nitrogens is 2. The zero-order valence-corrected chi connectivity index (χ0v) is 7.71. The van der Waals surface area contributed by atoms with Crippen molar-refractivity contribution in [2.24, 2.45) is 0 Å². The predicted octanol–water partition coefficient (Wildman–Crippen LogP) is 2.11. The summed E-state index contributed by atoms with van der Waals surface area (Å²) in [6.45, 7) is 1.91. The maximum atomic E-state index is 12.9. The fraction of sp³-hybridized carbons (Fsp3) is 0.100. The lowest BCUT2D eigenvalue weighted by molar-refractivity contribution is 0.632. The molecule has 0 bridgehead atoms. The van der Waals surface area contributed by atoms with Crippen LogP contribution in [0.1, 0.15) is 5.69 Å². The van der Waals surface area contributed by atoms with E-state index < -0.39 is 5.82 Å². The molecule has 0 spiro atoms. The number of benzene rings is 1. The molecular formula is C10H10FN3. The number of nitrogens with two attached hydrogens (primary N) is 1. The number of aryl methyl sites for hydroxylation is 1. The summed E-state index contributed by atoms with van der Waals surface area (Å²) in [6.07, 6.45) is 0. The number of nitrogen functional groups attached to an aromatic ring is 1. The molecule has 1 aromatic carbocycles. The van der Waals surface area contributed by atoms with Gasteiger partial charge in [0.1, 0.15) is 5.82 Å². The summed E-state index contributed by atoms with van der Waals surface area (Å²) in [5, 5.41) is 6.87. The topological polar surface area (TPSA) is 54.7 Å². The third kappa shape index (κ3) is 1.46. The van der Waals surface area contributed by atoms with Gasteiger partial charge in [0, 0.05) is 11.3 Å². The number of rotatable bonds is 1. The van der Waals surface area contributed by atoms with Gasteiger partial charge in [-0.1, -0.05) is 0 Å². The lowest BCUT2D eigenvalue weighted by Gasteiger charge is -1.99. The van der Waals surface area contributed by atoms with Crippen LogP contribution < -0.4 is 5.73 Å². The molecule has 0 aliphatic rings. The van der Waals surface area contributed by atoms with Gasteiger partial charge in [0.05, 0.1) is 11.4 Å². The number of anilines is 1. The van der Waals surface area contributed by atoms with Crippen LogP contribution in [0, 0.1) is 12.7 Å². The van der Waals surface area contributed by atoms with Crippen molar-refractivity contribution in [3.63, 3.8) is 0 Å². The minimum atomic E-state index is -0.402. The quantitative estimate of drug-likeness (QED) is 0.678. The van der Waals surface area contributed by atoms with Crippen molar-refractivity contribution in [1.82, 2.24) is 10.2 Å². The zero-order valence-electron chi connectivity index (χ0n) is 7.71. The van der Waals surface area contributed by atoms with Gasteiger partial charge in [-0.05, 0) is 31.2 Å². The van der Waals surface area contributed by atoms with E-state index in [0.29, 0.717) is 0 Å². The van der Waals surface area contributed by atoms with Gasteiger partial charge in [-0.2, -0.15) is 5.10 Å². The second-order valence-corrected chi connectivity index (χ2v) is 3.17. The third-order valence-corrected chi connectivity index (χ3v) is 2.00. The lowest BCUT2D eigenvalue weighted by atomic mass is 10.1. The number of hydrogen-bond acceptors (Lipinski definition) is 2. The average molecular weight is 191 g/mol. The summed E-state index contributed by atoms with van der Waals surface area (Å²) in [7, 11) is 0. The molecule has 0 atom stereocenters. The van der Waals surface area contributed by atoms with Crippen LogP contribution in [-0.2, 0) is 0 Å². The molecule has 1 heterocycles. The minimum absolute atomic E-state index is 0.142. The highest BCUT2D eigenvalue weighted by molar-refractivity contribution is 5.64. The van der Waals surface area contributed by atoms with Crippen LogP contribution >= 0.6 is 0 Å². The molecule has 0 saturated heterocycles. The van der Waals surface area contributed by atoms with Crippen molar-refractivity contribution >= 4 is 5.69 Å². The summed E-state index contributed by atoms with van der Waals surface area (Å²) in [5.74, 6) is -0.402. The second-order valence-electron chi connectivity index (χ2n) is 3.17. The van der Waals surface area contributed by atoms with Crippen molar-refractivity contribution in [1.29, 1.82) is 0 Å². The Kier molecular flexibility index (Phi) is 1.96. The van der Waals surface area contributed by atoms with Gasteiger partial charge < -0.3 is 5.73 Å². The first kappa shape index (κ1) is 8.74. The highest BCUT2D eigenvalue weighted by Crippen LogP contribution is 2.21. The van der Waals surface area contributed by atoms with Gasteiger partial charge in [-0.3, -0.25) is 5.10 Å². The van der Waals surface area contributed by atoms with E-state index in [4.69, 9.17) is 5.73 Å². The maximum absolute atomic E-state index is 12.9. The molecule has 0 unspecified atom stereocenters. The Labute approximate surface area is 80.8 Å². The molecule has 0 radical (unpaired) electrons. The van der Waals surface area contributed by atoms with Crippen molar-refractivity contribution in [2.75, 3.05) is 5.73 Å². The smallest absolute Gasteiger partial charge is 0.146 e. The Balaban J connectivity index is 2.47. The summed E-state index contributed by atoms with van der Waals surface area (Å²) in [6, 6.07) is 6.45. The molecule has 0 aliphatic carbocycles. The van der Waals surface area contributed by atoms with Crippen molar-refractivity contribution in [2.45, 2.75) is 6.92 Å². The number of hydrogen-bond donors (Lipinski definition) is 2. The first-order chi connectivity index (χ1) is 6.66. The number of H-pyrrole nitrogens is 1. The molecule has 4 heteroatoms. The molecule has 0 fully saturated rings. The van der Waals surface area contributed by atoms with Crippen molar-refractivity contribution < 1.29 is 4.39 Å². The second kappa shape index (κ2) is 3.14. The molecular weight excluding hydrogens is 181 g/mol. The van der Waals surface area contributed by atoms with Crippen molar-refractivity contribution in [3.05, 3.63) is 35.8 Å². The molecule has 0 aliphatic heterocycles. The van der Waals surface area contributed by atoms with E-state index in [1.807, 2.05) is 13.0 Å². The number of halogens is 1.